The van der Waals surface area contributed by atoms with E-state index in [4.69, 9.17) is 0 Å². The van der Waals surface area contributed by atoms with Crippen molar-refractivity contribution in [1.29, 1.82) is 0 Å². The van der Waals surface area contributed by atoms with Crippen LogP contribution in [0, 0.1) is 11.8 Å². The third-order valence-electron chi connectivity index (χ3n) is 7.14. The van der Waals surface area contributed by atoms with Crippen LogP contribution in [0.25, 0.3) is 10.8 Å². The molecule has 0 radical (unpaired) electrons. The van der Waals surface area contributed by atoms with E-state index >= 15 is 0 Å². The van der Waals surface area contributed by atoms with Gasteiger partial charge in [-0.1, -0.05) is 54.3 Å². The van der Waals surface area contributed by atoms with Crippen LogP contribution in [0.3, 0.4) is 0 Å². The van der Waals surface area contributed by atoms with Crippen molar-refractivity contribution in [1.82, 2.24) is 14.8 Å². The van der Waals surface area contributed by atoms with Gasteiger partial charge in [0, 0.05) is 49.2 Å². The van der Waals surface area contributed by atoms with Crippen LogP contribution < -0.4 is 0 Å². The zero-order chi connectivity index (χ0) is 29.9. The minimum Gasteiger partial charge on any atom is -0.333 e. The molecule has 0 N–H and O–H groups in total. The summed E-state index contributed by atoms with van der Waals surface area (Å²) in [6, 6.07) is 17.7. The Kier molecular flexibility index (Phi) is 8.23. The van der Waals surface area contributed by atoms with Crippen LogP contribution in [0.2, 0.25) is 0 Å². The summed E-state index contributed by atoms with van der Waals surface area (Å²) in [6.45, 7) is 1.17. The summed E-state index contributed by atoms with van der Waals surface area (Å²) >= 11 is 0. The molecule has 42 heavy (non-hydrogen) atoms. The number of fused-ring (bicyclic) bond motifs is 1. The number of benzene rings is 3. The Morgan fingerprint density at radius 1 is 0.857 bits per heavy atom. The van der Waals surface area contributed by atoms with Crippen LogP contribution in [0.1, 0.15) is 32.6 Å². The summed E-state index contributed by atoms with van der Waals surface area (Å²) < 4.78 is 81.1. The topological polar surface area (TPSA) is 36.4 Å². The van der Waals surface area contributed by atoms with Gasteiger partial charge in [0.05, 0.1) is 17.7 Å². The van der Waals surface area contributed by atoms with Gasteiger partial charge in [-0.3, -0.25) is 14.7 Å². The molecule has 0 bridgehead atoms. The Morgan fingerprint density at radius 2 is 1.57 bits per heavy atom. The molecule has 2 heterocycles. The maximum absolute atomic E-state index is 13.6. The Bertz CT molecular complexity index is 1610. The summed E-state index contributed by atoms with van der Waals surface area (Å²) in [6.07, 6.45) is -6.47. The van der Waals surface area contributed by atoms with Gasteiger partial charge in [-0.2, -0.15) is 26.3 Å². The van der Waals surface area contributed by atoms with Gasteiger partial charge in [0.2, 0.25) is 0 Å². The van der Waals surface area contributed by atoms with E-state index in [-0.39, 0.29) is 12.6 Å². The minimum atomic E-state index is -5.05. The van der Waals surface area contributed by atoms with Gasteiger partial charge in [0.25, 0.3) is 5.91 Å². The predicted molar refractivity (Wildman–Crippen MR) is 146 cm³/mol. The number of amides is 1. The van der Waals surface area contributed by atoms with E-state index in [0.29, 0.717) is 38.2 Å². The first-order valence-corrected chi connectivity index (χ1v) is 13.2. The number of aromatic nitrogens is 1. The number of hydrogen-bond donors (Lipinski definition) is 0. The van der Waals surface area contributed by atoms with E-state index in [1.807, 2.05) is 53.4 Å². The van der Waals surface area contributed by atoms with Crippen molar-refractivity contribution >= 4 is 16.7 Å². The fourth-order valence-corrected chi connectivity index (χ4v) is 5.08. The smallest absolute Gasteiger partial charge is 0.333 e. The molecule has 216 valence electrons. The zero-order valence-electron chi connectivity index (χ0n) is 22.2. The summed E-state index contributed by atoms with van der Waals surface area (Å²) in [5.41, 5.74) is -2.05. The SMILES string of the molecule is O=C(c1cc(C(F)(F)F)cc(C(F)(F)F)c1)N1CCN(CC#Cc2cccnc2)C[C@H]1Cc1ccc2ccccc2c1. The molecule has 10 heteroatoms. The molecule has 1 aliphatic heterocycles. The van der Waals surface area contributed by atoms with E-state index in [9.17, 15) is 31.1 Å². The van der Waals surface area contributed by atoms with Crippen molar-refractivity contribution in [3.8, 4) is 11.8 Å². The number of carbonyl (C=O) groups excluding carboxylic acids is 1. The van der Waals surface area contributed by atoms with Crippen LogP contribution in [-0.2, 0) is 18.8 Å². The highest BCUT2D eigenvalue weighted by Gasteiger charge is 2.39. The average Bonchev–Trinajstić information content (AvgIpc) is 2.96. The number of hydrogen-bond acceptors (Lipinski definition) is 3. The highest BCUT2D eigenvalue weighted by molar-refractivity contribution is 5.95. The van der Waals surface area contributed by atoms with Crippen molar-refractivity contribution in [3.63, 3.8) is 0 Å². The Hall–Kier alpha value is -4.36. The van der Waals surface area contributed by atoms with E-state index in [1.165, 1.54) is 4.90 Å². The molecule has 0 aliphatic carbocycles. The first kappa shape index (κ1) is 29.1. The summed E-state index contributed by atoms with van der Waals surface area (Å²) in [5.74, 6) is 5.24. The van der Waals surface area contributed by atoms with Gasteiger partial charge >= 0.3 is 12.4 Å². The highest BCUT2D eigenvalue weighted by atomic mass is 19.4. The molecule has 4 aromatic rings. The Balaban J connectivity index is 1.45. The number of alkyl halides is 6. The number of pyridine rings is 1. The lowest BCUT2D eigenvalue weighted by molar-refractivity contribution is -0.143. The van der Waals surface area contributed by atoms with Gasteiger partial charge in [-0.25, -0.2) is 0 Å². The van der Waals surface area contributed by atoms with Gasteiger partial charge in [-0.05, 0) is 53.1 Å². The number of carbonyl (C=O) groups is 1. The second-order valence-electron chi connectivity index (χ2n) is 10.1. The Morgan fingerprint density at radius 3 is 2.24 bits per heavy atom. The minimum absolute atomic E-state index is 0.0300. The van der Waals surface area contributed by atoms with Gasteiger partial charge in [0.1, 0.15) is 0 Å². The molecule has 1 aromatic heterocycles. The molecule has 1 saturated heterocycles. The molecule has 0 unspecified atom stereocenters. The van der Waals surface area contributed by atoms with Crippen molar-refractivity contribution in [3.05, 3.63) is 113 Å². The molecular weight excluding hydrogens is 556 g/mol. The summed E-state index contributed by atoms with van der Waals surface area (Å²) in [4.78, 5) is 21.0. The van der Waals surface area contributed by atoms with E-state index in [2.05, 4.69) is 16.8 Å². The predicted octanol–water partition coefficient (Wildman–Crippen LogP) is 6.69. The zero-order valence-corrected chi connectivity index (χ0v) is 22.2. The maximum Gasteiger partial charge on any atom is 0.416 e. The summed E-state index contributed by atoms with van der Waals surface area (Å²) in [7, 11) is 0. The fourth-order valence-electron chi connectivity index (χ4n) is 5.08. The van der Waals surface area contributed by atoms with Crippen LogP contribution in [0.5, 0.6) is 0 Å². The van der Waals surface area contributed by atoms with E-state index < -0.39 is 41.0 Å². The van der Waals surface area contributed by atoms with Crippen molar-refractivity contribution < 1.29 is 31.1 Å². The number of halogens is 6. The normalized spacial score (nSPS) is 16.2. The van der Waals surface area contributed by atoms with Crippen LogP contribution in [-0.4, -0.2) is 52.9 Å². The molecule has 5 rings (SSSR count). The summed E-state index contributed by atoms with van der Waals surface area (Å²) in [5, 5.41) is 2.00. The quantitative estimate of drug-likeness (QED) is 0.199. The van der Waals surface area contributed by atoms with Crippen LogP contribution in [0.15, 0.2) is 85.2 Å². The standard InChI is InChI=1S/C32H25F6N3O/c33-31(34,35)27-17-26(18-28(19-27)32(36,37)38)30(42)41-14-13-40(12-4-6-22-5-3-11-39-20-22)21-29(41)16-23-9-10-24-7-1-2-8-25(24)15-23/h1-3,5,7-11,15,17-20,29H,12-14,16,21H2/t29-/m1/s1. The Labute approximate surface area is 238 Å². The molecule has 1 amide bonds. The fraction of sp³-hybridized carbons (Fsp3) is 0.250. The monoisotopic (exact) mass is 581 g/mol. The van der Waals surface area contributed by atoms with Crippen molar-refractivity contribution in [2.24, 2.45) is 0 Å². The lowest BCUT2D eigenvalue weighted by Gasteiger charge is -2.41. The lowest BCUT2D eigenvalue weighted by atomic mass is 9.97. The largest absolute Gasteiger partial charge is 0.416 e. The van der Waals surface area contributed by atoms with Crippen molar-refractivity contribution in [2.75, 3.05) is 26.2 Å². The molecule has 1 fully saturated rings. The molecular formula is C32H25F6N3O. The van der Waals surface area contributed by atoms with Crippen LogP contribution in [0.4, 0.5) is 26.3 Å². The second kappa shape index (κ2) is 11.9. The second-order valence-corrected chi connectivity index (χ2v) is 10.1. The first-order valence-electron chi connectivity index (χ1n) is 13.2. The molecule has 1 aliphatic rings. The number of nitrogens with zero attached hydrogens (tertiary/aromatic N) is 3. The lowest BCUT2D eigenvalue weighted by Crippen LogP contribution is -2.56. The van der Waals surface area contributed by atoms with Gasteiger partial charge < -0.3 is 4.90 Å². The third-order valence-corrected chi connectivity index (χ3v) is 7.14. The highest BCUT2D eigenvalue weighted by Crippen LogP contribution is 2.37. The molecule has 0 saturated carbocycles. The van der Waals surface area contributed by atoms with E-state index in [1.54, 1.807) is 18.5 Å². The number of piperazine rings is 1. The maximum atomic E-state index is 13.6. The molecule has 0 spiro atoms. The van der Waals surface area contributed by atoms with E-state index in [0.717, 1.165) is 21.9 Å². The first-order chi connectivity index (χ1) is 20.0. The average molecular weight is 582 g/mol. The van der Waals surface area contributed by atoms with Crippen molar-refractivity contribution in [2.45, 2.75) is 24.8 Å². The third kappa shape index (κ3) is 6.92. The van der Waals surface area contributed by atoms with Gasteiger partial charge in [-0.15, -0.1) is 0 Å². The number of rotatable bonds is 4. The molecule has 1 atom stereocenters. The molecule has 4 nitrogen and oxygen atoms in total. The van der Waals surface area contributed by atoms with Crippen LogP contribution >= 0.6 is 0 Å². The van der Waals surface area contributed by atoms with Gasteiger partial charge in [0.15, 0.2) is 0 Å². The molecule has 3 aromatic carbocycles.